The highest BCUT2D eigenvalue weighted by Crippen LogP contribution is 2.32. The van der Waals surface area contributed by atoms with E-state index in [1.54, 1.807) is 30.3 Å². The number of anilines is 1. The summed E-state index contributed by atoms with van der Waals surface area (Å²) >= 11 is 0. The molecule has 0 saturated heterocycles. The lowest BCUT2D eigenvalue weighted by Crippen LogP contribution is -2.22. The predicted octanol–water partition coefficient (Wildman–Crippen LogP) is 1.52. The van der Waals surface area contributed by atoms with E-state index in [0.29, 0.717) is 18.6 Å². The third-order valence-corrected chi connectivity index (χ3v) is 8.32. The number of hydrogen-bond acceptors (Lipinski definition) is 6. The summed E-state index contributed by atoms with van der Waals surface area (Å²) in [4.78, 5) is 7.20. The minimum absolute atomic E-state index is 0.114. The molecule has 2 N–H and O–H groups in total. The van der Waals surface area contributed by atoms with Gasteiger partial charge in [-0.2, -0.15) is 0 Å². The van der Waals surface area contributed by atoms with E-state index in [9.17, 15) is 16.8 Å². The van der Waals surface area contributed by atoms with Crippen molar-refractivity contribution in [2.24, 2.45) is 5.14 Å². The maximum Gasteiger partial charge on any atom is 0.242 e. The molecule has 0 aliphatic carbocycles. The van der Waals surface area contributed by atoms with Crippen LogP contribution in [0.15, 0.2) is 46.2 Å². The van der Waals surface area contributed by atoms with Crippen LogP contribution in [0.4, 0.5) is 5.69 Å². The van der Waals surface area contributed by atoms with E-state index in [0.717, 1.165) is 35.6 Å². The van der Waals surface area contributed by atoms with Crippen LogP contribution in [-0.4, -0.2) is 51.3 Å². The van der Waals surface area contributed by atoms with Crippen LogP contribution in [0.25, 0.3) is 11.0 Å². The van der Waals surface area contributed by atoms with Gasteiger partial charge in [-0.1, -0.05) is 0 Å². The number of rotatable bonds is 6. The molecule has 0 unspecified atom stereocenters. The fraction of sp³-hybridized carbons (Fsp3) is 0.350. The number of nitrogens with two attached hydrogens (primary N) is 1. The molecule has 9 nitrogen and oxygen atoms in total. The molecule has 3 aromatic rings. The normalized spacial score (nSPS) is 14.5. The summed E-state index contributed by atoms with van der Waals surface area (Å²) in [6, 6.07) is 9.94. The first-order valence-electron chi connectivity index (χ1n) is 9.84. The molecule has 1 aromatic heterocycles. The van der Waals surface area contributed by atoms with Crippen molar-refractivity contribution in [2.75, 3.05) is 25.5 Å². The number of aryl methyl sites for hydroxylation is 1. The quantitative estimate of drug-likeness (QED) is 0.592. The SMILES string of the molecule is CCn1c(CN2CCc3cc(S(N)(=O)=O)ccc32)nc2cc(S(=O)(=O)N(C)C)ccc21. The van der Waals surface area contributed by atoms with Gasteiger partial charge in [0.05, 0.1) is 27.4 Å². The first-order chi connectivity index (χ1) is 14.5. The van der Waals surface area contributed by atoms with Gasteiger partial charge in [0.1, 0.15) is 5.82 Å². The summed E-state index contributed by atoms with van der Waals surface area (Å²) in [7, 11) is -4.28. The molecule has 0 atom stereocenters. The van der Waals surface area contributed by atoms with Crippen LogP contribution >= 0.6 is 0 Å². The highest BCUT2D eigenvalue weighted by molar-refractivity contribution is 7.89. The van der Waals surface area contributed by atoms with Crippen molar-refractivity contribution in [1.29, 1.82) is 0 Å². The predicted molar refractivity (Wildman–Crippen MR) is 119 cm³/mol. The van der Waals surface area contributed by atoms with E-state index in [-0.39, 0.29) is 9.79 Å². The van der Waals surface area contributed by atoms with Gasteiger partial charge < -0.3 is 9.47 Å². The Kier molecular flexibility index (Phi) is 5.32. The molecule has 0 amide bonds. The largest absolute Gasteiger partial charge is 0.363 e. The number of aromatic nitrogens is 2. The highest BCUT2D eigenvalue weighted by atomic mass is 32.2. The Hall–Kier alpha value is -2.47. The third kappa shape index (κ3) is 3.82. The summed E-state index contributed by atoms with van der Waals surface area (Å²) in [6.45, 7) is 3.97. The van der Waals surface area contributed by atoms with Gasteiger partial charge in [0.2, 0.25) is 20.0 Å². The monoisotopic (exact) mass is 463 g/mol. The van der Waals surface area contributed by atoms with Gasteiger partial charge in [-0.25, -0.2) is 31.3 Å². The number of sulfonamides is 2. The fourth-order valence-corrected chi connectivity index (χ4v) is 5.45. The average Bonchev–Trinajstić information content (AvgIpc) is 3.26. The number of nitrogens with zero attached hydrogens (tertiary/aromatic N) is 4. The van der Waals surface area contributed by atoms with Gasteiger partial charge in [0, 0.05) is 32.9 Å². The molecule has 0 fully saturated rings. The molecule has 166 valence electrons. The van der Waals surface area contributed by atoms with Crippen LogP contribution in [0.3, 0.4) is 0 Å². The second-order valence-electron chi connectivity index (χ2n) is 7.72. The fourth-order valence-electron chi connectivity index (χ4n) is 3.96. The Morgan fingerprint density at radius 1 is 1.06 bits per heavy atom. The van der Waals surface area contributed by atoms with Crippen molar-refractivity contribution in [1.82, 2.24) is 13.9 Å². The number of benzene rings is 2. The summed E-state index contributed by atoms with van der Waals surface area (Å²) in [5, 5.41) is 5.25. The maximum atomic E-state index is 12.5. The van der Waals surface area contributed by atoms with Crippen LogP contribution in [0.1, 0.15) is 18.3 Å². The molecular formula is C20H25N5O4S2. The van der Waals surface area contributed by atoms with Gasteiger partial charge in [-0.3, -0.25) is 0 Å². The maximum absolute atomic E-state index is 12.5. The molecular weight excluding hydrogens is 438 g/mol. The van der Waals surface area contributed by atoms with E-state index in [2.05, 4.69) is 9.47 Å². The molecule has 2 heterocycles. The highest BCUT2D eigenvalue weighted by Gasteiger charge is 2.24. The number of hydrogen-bond donors (Lipinski definition) is 1. The number of primary sulfonamides is 1. The molecule has 0 saturated carbocycles. The van der Waals surface area contributed by atoms with E-state index in [4.69, 9.17) is 10.1 Å². The van der Waals surface area contributed by atoms with Crippen LogP contribution in [0.2, 0.25) is 0 Å². The lowest BCUT2D eigenvalue weighted by Gasteiger charge is -2.19. The molecule has 0 bridgehead atoms. The Bertz CT molecular complexity index is 1380. The number of fused-ring (bicyclic) bond motifs is 2. The summed E-state index contributed by atoms with van der Waals surface area (Å²) in [5.74, 6) is 0.820. The first kappa shape index (κ1) is 21.8. The Labute approximate surface area is 182 Å². The van der Waals surface area contributed by atoms with E-state index < -0.39 is 20.0 Å². The second-order valence-corrected chi connectivity index (χ2v) is 11.4. The van der Waals surface area contributed by atoms with Gasteiger partial charge >= 0.3 is 0 Å². The molecule has 1 aliphatic rings. The van der Waals surface area contributed by atoms with E-state index >= 15 is 0 Å². The summed E-state index contributed by atoms with van der Waals surface area (Å²) in [5.41, 5.74) is 3.39. The van der Waals surface area contributed by atoms with Gasteiger partial charge in [0.15, 0.2) is 0 Å². The van der Waals surface area contributed by atoms with Crippen LogP contribution < -0.4 is 10.0 Å². The topological polar surface area (TPSA) is 119 Å². The van der Waals surface area contributed by atoms with Crippen molar-refractivity contribution < 1.29 is 16.8 Å². The van der Waals surface area contributed by atoms with Gasteiger partial charge in [0.25, 0.3) is 0 Å². The van der Waals surface area contributed by atoms with E-state index in [1.165, 1.54) is 24.5 Å². The third-order valence-electron chi connectivity index (χ3n) is 5.60. The molecule has 0 spiro atoms. The van der Waals surface area contributed by atoms with Crippen LogP contribution in [-0.2, 0) is 39.6 Å². The summed E-state index contributed by atoms with van der Waals surface area (Å²) in [6.07, 6.45) is 0.719. The van der Waals surface area contributed by atoms with Crippen molar-refractivity contribution in [2.45, 2.75) is 36.2 Å². The zero-order chi connectivity index (χ0) is 22.6. The first-order valence-corrected chi connectivity index (χ1v) is 12.8. The number of imidazole rings is 1. The molecule has 11 heteroatoms. The van der Waals surface area contributed by atoms with E-state index in [1.807, 2.05) is 6.92 Å². The lowest BCUT2D eigenvalue weighted by atomic mass is 10.2. The lowest BCUT2D eigenvalue weighted by molar-refractivity contribution is 0.521. The smallest absolute Gasteiger partial charge is 0.242 e. The zero-order valence-electron chi connectivity index (χ0n) is 17.6. The van der Waals surface area contributed by atoms with Crippen LogP contribution in [0, 0.1) is 0 Å². The molecule has 31 heavy (non-hydrogen) atoms. The Morgan fingerprint density at radius 3 is 2.42 bits per heavy atom. The van der Waals surface area contributed by atoms with Gasteiger partial charge in [-0.15, -0.1) is 0 Å². The zero-order valence-corrected chi connectivity index (χ0v) is 19.2. The minimum Gasteiger partial charge on any atom is -0.363 e. The molecule has 4 rings (SSSR count). The van der Waals surface area contributed by atoms with Gasteiger partial charge in [-0.05, 0) is 55.3 Å². The average molecular weight is 464 g/mol. The van der Waals surface area contributed by atoms with Crippen molar-refractivity contribution >= 4 is 36.8 Å². The Morgan fingerprint density at radius 2 is 1.77 bits per heavy atom. The van der Waals surface area contributed by atoms with Crippen molar-refractivity contribution in [3.05, 3.63) is 47.8 Å². The molecule has 2 aromatic carbocycles. The summed E-state index contributed by atoms with van der Waals surface area (Å²) < 4.78 is 51.5. The standard InChI is InChI=1S/C20H25N5O4S2/c1-4-25-19-8-6-16(31(28,29)23(2)3)12-17(19)22-20(25)13-24-10-9-14-11-15(30(21,26)27)5-7-18(14)24/h5-8,11-12H,4,9-10,13H2,1-3H3,(H2,21,26,27). The van der Waals surface area contributed by atoms with Crippen molar-refractivity contribution in [3.8, 4) is 0 Å². The second kappa shape index (κ2) is 7.59. The van der Waals surface area contributed by atoms with Crippen LogP contribution in [0.5, 0.6) is 0 Å². The van der Waals surface area contributed by atoms with Crippen molar-refractivity contribution in [3.63, 3.8) is 0 Å². The Balaban J connectivity index is 1.70. The molecule has 1 aliphatic heterocycles. The molecule has 0 radical (unpaired) electrons. The minimum atomic E-state index is -3.74.